The van der Waals surface area contributed by atoms with Crippen LogP contribution in [0.4, 0.5) is 5.69 Å². The number of halogens is 2. The lowest BCUT2D eigenvalue weighted by molar-refractivity contribution is -0.689. The normalized spacial score (nSPS) is 10.7. The van der Waals surface area contributed by atoms with Gasteiger partial charge in [-0.15, -0.1) is 0 Å². The average molecular weight is 666 g/mol. The lowest BCUT2D eigenvalue weighted by Crippen LogP contribution is -3.00. The summed E-state index contributed by atoms with van der Waals surface area (Å²) in [6, 6.07) is 13.2. The minimum absolute atomic E-state index is 0. The maximum Gasteiger partial charge on any atom is 0.262 e. The lowest BCUT2D eigenvalue weighted by Gasteiger charge is -2.11. The quantitative estimate of drug-likeness (QED) is 0.116. The summed E-state index contributed by atoms with van der Waals surface area (Å²) >= 11 is 8.07. The van der Waals surface area contributed by atoms with Gasteiger partial charge >= 0.3 is 0 Å². The van der Waals surface area contributed by atoms with E-state index < -0.39 is 0 Å². The SMILES string of the molecule is CCCCCCCCCCCCCCOc1ccc(OCC(=O)Nc2ccc(C[n+]3cscc3C)cc2)c(Cl)c1.[Br-]. The number of hydrogen-bond donors (Lipinski definition) is 1. The summed E-state index contributed by atoms with van der Waals surface area (Å²) in [5.41, 5.74) is 5.25. The van der Waals surface area contributed by atoms with Gasteiger partial charge in [0.2, 0.25) is 5.51 Å². The highest BCUT2D eigenvalue weighted by Crippen LogP contribution is 2.29. The second-order valence-corrected chi connectivity index (χ2v) is 11.6. The predicted molar refractivity (Wildman–Crippen MR) is 167 cm³/mol. The molecule has 8 heteroatoms. The number of anilines is 1. The fourth-order valence-corrected chi connectivity index (χ4v) is 5.57. The Balaban J connectivity index is 0.00000588. The number of hydrogen-bond acceptors (Lipinski definition) is 4. The van der Waals surface area contributed by atoms with Gasteiger partial charge in [0, 0.05) is 24.2 Å². The van der Waals surface area contributed by atoms with Gasteiger partial charge in [0.05, 0.1) is 17.0 Å². The topological polar surface area (TPSA) is 51.4 Å². The highest BCUT2D eigenvalue weighted by molar-refractivity contribution is 7.07. The molecule has 1 N–H and O–H groups in total. The first-order valence-corrected chi connectivity index (χ1v) is 16.2. The molecule has 3 rings (SSSR count). The lowest BCUT2D eigenvalue weighted by atomic mass is 10.1. The molecule has 3 aromatic rings. The second-order valence-electron chi connectivity index (χ2n) is 10.5. The van der Waals surface area contributed by atoms with Crippen LogP contribution in [0.3, 0.4) is 0 Å². The summed E-state index contributed by atoms with van der Waals surface area (Å²) in [5.74, 6) is 0.952. The fraction of sp³-hybridized carbons (Fsp3) is 0.515. The molecule has 0 saturated heterocycles. The number of thiazole rings is 1. The van der Waals surface area contributed by atoms with Crippen molar-refractivity contribution in [3.05, 3.63) is 69.6 Å². The first-order valence-electron chi connectivity index (χ1n) is 14.9. The number of rotatable bonds is 20. The van der Waals surface area contributed by atoms with Crippen LogP contribution in [0.25, 0.3) is 0 Å². The van der Waals surface area contributed by atoms with Gasteiger partial charge < -0.3 is 31.8 Å². The Morgan fingerprint density at radius 2 is 1.51 bits per heavy atom. The van der Waals surface area contributed by atoms with E-state index in [0.717, 1.165) is 24.4 Å². The van der Waals surface area contributed by atoms with Gasteiger partial charge in [0.25, 0.3) is 5.91 Å². The number of nitrogens with zero attached hydrogens (tertiary/aromatic N) is 1. The number of carbonyl (C=O) groups is 1. The highest BCUT2D eigenvalue weighted by atomic mass is 79.9. The Hall–Kier alpha value is -2.09. The summed E-state index contributed by atoms with van der Waals surface area (Å²) in [6.07, 6.45) is 15.9. The fourth-order valence-electron chi connectivity index (χ4n) is 4.57. The van der Waals surface area contributed by atoms with Crippen molar-refractivity contribution in [2.24, 2.45) is 0 Å². The van der Waals surface area contributed by atoms with Crippen LogP contribution in [-0.2, 0) is 11.3 Å². The molecule has 0 bridgehead atoms. The zero-order valence-corrected chi connectivity index (χ0v) is 27.8. The molecule has 1 heterocycles. The van der Waals surface area contributed by atoms with Crippen molar-refractivity contribution in [2.45, 2.75) is 97.4 Å². The molecule has 0 saturated carbocycles. The number of amides is 1. The molecular formula is C33H46BrClN2O3S. The van der Waals surface area contributed by atoms with Crippen molar-refractivity contribution in [3.8, 4) is 11.5 Å². The summed E-state index contributed by atoms with van der Waals surface area (Å²) in [5, 5.41) is 5.43. The molecule has 0 aliphatic rings. The average Bonchev–Trinajstić information content (AvgIpc) is 3.35. The van der Waals surface area contributed by atoms with E-state index in [1.807, 2.05) is 30.3 Å². The van der Waals surface area contributed by atoms with Crippen LogP contribution in [0.5, 0.6) is 11.5 Å². The van der Waals surface area contributed by atoms with E-state index >= 15 is 0 Å². The van der Waals surface area contributed by atoms with E-state index in [1.165, 1.54) is 81.9 Å². The molecule has 2 aromatic carbocycles. The molecule has 5 nitrogen and oxygen atoms in total. The number of aromatic nitrogens is 1. The first-order chi connectivity index (χ1) is 19.5. The van der Waals surface area contributed by atoms with Gasteiger partial charge in [-0.3, -0.25) is 4.79 Å². The minimum Gasteiger partial charge on any atom is -1.00 e. The van der Waals surface area contributed by atoms with Crippen LogP contribution in [0, 0.1) is 6.92 Å². The Morgan fingerprint density at radius 3 is 2.10 bits per heavy atom. The standard InChI is InChI=1S/C33H45ClN2O3S.BrH/c1-3-4-5-6-7-8-9-10-11-12-13-14-21-38-30-19-20-32(31(34)22-30)39-24-33(37)35-29-17-15-28(16-18-29)23-36-26-40-25-27(36)2;/h15-20,22,25-26H,3-14,21,23-24H2,1-2H3;1H. The van der Waals surface area contributed by atoms with Gasteiger partial charge in [-0.1, -0.05) is 113 Å². The van der Waals surface area contributed by atoms with E-state index in [1.54, 1.807) is 23.5 Å². The van der Waals surface area contributed by atoms with Crippen LogP contribution >= 0.6 is 22.9 Å². The van der Waals surface area contributed by atoms with Crippen molar-refractivity contribution in [3.63, 3.8) is 0 Å². The van der Waals surface area contributed by atoms with Crippen molar-refractivity contribution >= 4 is 34.5 Å². The summed E-state index contributed by atoms with van der Waals surface area (Å²) in [6.45, 7) is 5.73. The van der Waals surface area contributed by atoms with Gasteiger partial charge in [-0.2, -0.15) is 4.57 Å². The summed E-state index contributed by atoms with van der Waals surface area (Å²) < 4.78 is 13.7. The maximum atomic E-state index is 12.4. The molecule has 0 fully saturated rings. The summed E-state index contributed by atoms with van der Waals surface area (Å²) in [7, 11) is 0. The molecule has 0 spiro atoms. The van der Waals surface area contributed by atoms with Crippen LogP contribution in [0.2, 0.25) is 5.02 Å². The van der Waals surface area contributed by atoms with Crippen LogP contribution in [0.15, 0.2) is 53.4 Å². The molecular weight excluding hydrogens is 620 g/mol. The molecule has 0 atom stereocenters. The summed E-state index contributed by atoms with van der Waals surface area (Å²) in [4.78, 5) is 12.4. The molecule has 0 aliphatic carbocycles. The van der Waals surface area contributed by atoms with Gasteiger partial charge in [0.1, 0.15) is 11.5 Å². The number of nitrogens with one attached hydrogen (secondary N) is 1. The van der Waals surface area contributed by atoms with Crippen LogP contribution in [0.1, 0.15) is 95.2 Å². The number of unbranched alkanes of at least 4 members (excludes halogenated alkanes) is 11. The Bertz CT molecular complexity index is 1140. The monoisotopic (exact) mass is 664 g/mol. The zero-order chi connectivity index (χ0) is 28.4. The number of ether oxygens (including phenoxy) is 2. The van der Waals surface area contributed by atoms with Crippen molar-refractivity contribution in [1.29, 1.82) is 0 Å². The van der Waals surface area contributed by atoms with Crippen molar-refractivity contribution in [2.75, 3.05) is 18.5 Å². The van der Waals surface area contributed by atoms with Gasteiger partial charge in [0.15, 0.2) is 18.8 Å². The minimum atomic E-state index is -0.237. The van der Waals surface area contributed by atoms with E-state index in [-0.39, 0.29) is 29.5 Å². The third-order valence-electron chi connectivity index (χ3n) is 7.00. The first kappa shape index (κ1) is 35.1. The smallest absolute Gasteiger partial charge is 0.262 e. The molecule has 226 valence electrons. The molecule has 0 aliphatic heterocycles. The molecule has 0 radical (unpaired) electrons. The Labute approximate surface area is 266 Å². The van der Waals surface area contributed by atoms with Crippen molar-refractivity contribution < 1.29 is 35.8 Å². The van der Waals surface area contributed by atoms with Gasteiger partial charge in [-0.25, -0.2) is 0 Å². The molecule has 0 unspecified atom stereocenters. The molecule has 41 heavy (non-hydrogen) atoms. The zero-order valence-electron chi connectivity index (χ0n) is 24.6. The predicted octanol–water partition coefficient (Wildman–Crippen LogP) is 6.15. The van der Waals surface area contributed by atoms with E-state index in [0.29, 0.717) is 17.4 Å². The Kier molecular flexibility index (Phi) is 17.8. The third kappa shape index (κ3) is 14.1. The number of benzene rings is 2. The number of carbonyl (C=O) groups excluding carboxylic acids is 1. The van der Waals surface area contributed by atoms with Crippen molar-refractivity contribution in [1.82, 2.24) is 0 Å². The molecule has 1 aromatic heterocycles. The third-order valence-corrected chi connectivity index (χ3v) is 8.15. The molecule has 1 amide bonds. The second kappa shape index (κ2) is 20.7. The van der Waals surface area contributed by atoms with Gasteiger partial charge in [-0.05, 0) is 30.7 Å². The van der Waals surface area contributed by atoms with E-state index in [2.05, 4.69) is 34.6 Å². The highest BCUT2D eigenvalue weighted by Gasteiger charge is 2.10. The van der Waals surface area contributed by atoms with Crippen LogP contribution in [-0.4, -0.2) is 19.1 Å². The van der Waals surface area contributed by atoms with E-state index in [4.69, 9.17) is 21.1 Å². The number of aryl methyl sites for hydroxylation is 1. The maximum absolute atomic E-state index is 12.4. The Morgan fingerprint density at radius 1 is 0.878 bits per heavy atom. The van der Waals surface area contributed by atoms with E-state index in [9.17, 15) is 4.79 Å². The largest absolute Gasteiger partial charge is 1.00 e. The van der Waals surface area contributed by atoms with Crippen LogP contribution < -0.4 is 36.3 Å².